The van der Waals surface area contributed by atoms with Crippen molar-refractivity contribution in [1.29, 1.82) is 0 Å². The van der Waals surface area contributed by atoms with Crippen LogP contribution in [0.5, 0.6) is 11.5 Å². The second kappa shape index (κ2) is 3.14. The van der Waals surface area contributed by atoms with E-state index in [2.05, 4.69) is 0 Å². The monoisotopic (exact) mass is 207 g/mol. The van der Waals surface area contributed by atoms with Gasteiger partial charge in [-0.05, 0) is 38.3 Å². The molecule has 1 aliphatic rings. The van der Waals surface area contributed by atoms with E-state index in [1.165, 1.54) is 0 Å². The third-order valence-electron chi connectivity index (χ3n) is 3.20. The molecule has 0 amide bonds. The van der Waals surface area contributed by atoms with Gasteiger partial charge in [-0.2, -0.15) is 0 Å². The molecule has 1 fully saturated rings. The Morgan fingerprint density at radius 3 is 2.47 bits per heavy atom. The third kappa shape index (κ3) is 1.47. The van der Waals surface area contributed by atoms with Gasteiger partial charge < -0.3 is 15.6 Å². The molecule has 0 heterocycles. The number of aryl methyl sites for hydroxylation is 1. The molecule has 1 aromatic rings. The Kier molecular flexibility index (Phi) is 2.15. The summed E-state index contributed by atoms with van der Waals surface area (Å²) in [6, 6.07) is 1.94. The normalized spacial score (nSPS) is 17.6. The van der Waals surface area contributed by atoms with Crippen LogP contribution in [0.25, 0.3) is 0 Å². The van der Waals surface area contributed by atoms with Crippen molar-refractivity contribution in [3.8, 4) is 11.5 Å². The number of ether oxygens (including phenoxy) is 1. The molecular weight excluding hydrogens is 190 g/mol. The van der Waals surface area contributed by atoms with E-state index in [1.54, 1.807) is 7.11 Å². The molecule has 0 aliphatic heterocycles. The predicted octanol–water partition coefficient (Wildman–Crippen LogP) is 1.97. The fourth-order valence-corrected chi connectivity index (χ4v) is 1.99. The summed E-state index contributed by atoms with van der Waals surface area (Å²) in [7, 11) is 1.62. The van der Waals surface area contributed by atoms with Crippen LogP contribution in [0.4, 0.5) is 0 Å². The molecule has 0 atom stereocenters. The summed E-state index contributed by atoms with van der Waals surface area (Å²) in [5, 5.41) is 9.81. The first-order chi connectivity index (χ1) is 6.99. The zero-order valence-corrected chi connectivity index (χ0v) is 9.42. The second-order valence-corrected chi connectivity index (χ2v) is 4.40. The van der Waals surface area contributed by atoms with Crippen molar-refractivity contribution in [2.45, 2.75) is 32.2 Å². The number of methoxy groups -OCH3 is 1. The predicted molar refractivity (Wildman–Crippen MR) is 59.2 cm³/mol. The Labute approximate surface area is 89.9 Å². The number of rotatable bonds is 2. The van der Waals surface area contributed by atoms with Crippen molar-refractivity contribution in [2.24, 2.45) is 5.73 Å². The van der Waals surface area contributed by atoms with E-state index in [-0.39, 0.29) is 5.54 Å². The van der Waals surface area contributed by atoms with Crippen LogP contribution in [0.3, 0.4) is 0 Å². The summed E-state index contributed by atoms with van der Waals surface area (Å²) in [6.45, 7) is 3.74. The van der Waals surface area contributed by atoms with Crippen LogP contribution in [-0.4, -0.2) is 12.2 Å². The molecule has 3 nitrogen and oxygen atoms in total. The fourth-order valence-electron chi connectivity index (χ4n) is 1.99. The molecule has 0 bridgehead atoms. The zero-order chi connectivity index (χ0) is 11.2. The minimum Gasteiger partial charge on any atom is -0.507 e. The summed E-state index contributed by atoms with van der Waals surface area (Å²) >= 11 is 0. The first kappa shape index (κ1) is 10.3. The Balaban J connectivity index is 2.63. The molecule has 3 N–H and O–H groups in total. The molecule has 15 heavy (non-hydrogen) atoms. The van der Waals surface area contributed by atoms with Gasteiger partial charge in [-0.1, -0.05) is 0 Å². The Morgan fingerprint density at radius 2 is 2.00 bits per heavy atom. The molecule has 0 saturated heterocycles. The molecule has 0 unspecified atom stereocenters. The number of phenolic OH excluding ortho intramolecular Hbond substituents is 1. The molecule has 1 saturated carbocycles. The fraction of sp³-hybridized carbons (Fsp3) is 0.500. The van der Waals surface area contributed by atoms with Gasteiger partial charge in [0.15, 0.2) is 0 Å². The van der Waals surface area contributed by atoms with Gasteiger partial charge in [0.05, 0.1) is 7.11 Å². The van der Waals surface area contributed by atoms with Gasteiger partial charge in [0.25, 0.3) is 0 Å². The SMILES string of the molecule is COc1c(C2(N)CC2)cc(C)c(O)c1C. The third-order valence-corrected chi connectivity index (χ3v) is 3.20. The van der Waals surface area contributed by atoms with Crippen molar-refractivity contribution >= 4 is 0 Å². The summed E-state index contributed by atoms with van der Waals surface area (Å²) < 4.78 is 5.34. The van der Waals surface area contributed by atoms with E-state index in [4.69, 9.17) is 10.5 Å². The van der Waals surface area contributed by atoms with E-state index >= 15 is 0 Å². The molecule has 0 radical (unpaired) electrons. The molecule has 1 aliphatic carbocycles. The van der Waals surface area contributed by atoms with Crippen LogP contribution < -0.4 is 10.5 Å². The number of hydrogen-bond acceptors (Lipinski definition) is 3. The van der Waals surface area contributed by atoms with E-state index in [1.807, 2.05) is 19.9 Å². The number of nitrogens with two attached hydrogens (primary N) is 1. The van der Waals surface area contributed by atoms with Crippen LogP contribution in [-0.2, 0) is 5.54 Å². The second-order valence-electron chi connectivity index (χ2n) is 4.40. The first-order valence-corrected chi connectivity index (χ1v) is 5.16. The maximum Gasteiger partial charge on any atom is 0.130 e. The number of aromatic hydroxyl groups is 1. The van der Waals surface area contributed by atoms with Crippen molar-refractivity contribution in [2.75, 3.05) is 7.11 Å². The van der Waals surface area contributed by atoms with E-state index in [9.17, 15) is 5.11 Å². The maximum atomic E-state index is 9.81. The van der Waals surface area contributed by atoms with Gasteiger partial charge in [0.1, 0.15) is 11.5 Å². The van der Waals surface area contributed by atoms with Gasteiger partial charge in [-0.15, -0.1) is 0 Å². The van der Waals surface area contributed by atoms with Gasteiger partial charge in [0, 0.05) is 16.7 Å². The summed E-state index contributed by atoms with van der Waals surface area (Å²) in [5.41, 5.74) is 8.61. The lowest BCUT2D eigenvalue weighted by atomic mass is 9.97. The molecule has 82 valence electrons. The van der Waals surface area contributed by atoms with Crippen molar-refractivity contribution < 1.29 is 9.84 Å². The van der Waals surface area contributed by atoms with Crippen LogP contribution in [0.2, 0.25) is 0 Å². The highest BCUT2D eigenvalue weighted by Gasteiger charge is 2.43. The van der Waals surface area contributed by atoms with Crippen molar-refractivity contribution in [1.82, 2.24) is 0 Å². The van der Waals surface area contributed by atoms with Crippen LogP contribution in [0.1, 0.15) is 29.5 Å². The first-order valence-electron chi connectivity index (χ1n) is 5.16. The number of benzene rings is 1. The highest BCUT2D eigenvalue weighted by molar-refractivity contribution is 5.56. The van der Waals surface area contributed by atoms with Gasteiger partial charge in [-0.3, -0.25) is 0 Å². The van der Waals surface area contributed by atoms with Crippen LogP contribution >= 0.6 is 0 Å². The summed E-state index contributed by atoms with van der Waals surface area (Å²) in [6.07, 6.45) is 1.99. The maximum absolute atomic E-state index is 9.81. The average Bonchev–Trinajstić information content (AvgIpc) is 2.94. The van der Waals surface area contributed by atoms with Crippen LogP contribution in [0.15, 0.2) is 6.07 Å². The lowest BCUT2D eigenvalue weighted by Crippen LogP contribution is -2.20. The quantitative estimate of drug-likeness (QED) is 0.779. The molecule has 1 aromatic carbocycles. The van der Waals surface area contributed by atoms with E-state index < -0.39 is 0 Å². The van der Waals surface area contributed by atoms with Gasteiger partial charge >= 0.3 is 0 Å². The molecule has 2 rings (SSSR count). The highest BCUT2D eigenvalue weighted by atomic mass is 16.5. The lowest BCUT2D eigenvalue weighted by molar-refractivity contribution is 0.392. The summed E-state index contributed by atoms with van der Waals surface area (Å²) in [5.74, 6) is 1.04. The topological polar surface area (TPSA) is 55.5 Å². The van der Waals surface area contributed by atoms with Gasteiger partial charge in [-0.25, -0.2) is 0 Å². The van der Waals surface area contributed by atoms with E-state index in [0.717, 1.165) is 35.3 Å². The average molecular weight is 207 g/mol. The van der Waals surface area contributed by atoms with Crippen molar-refractivity contribution in [3.05, 3.63) is 22.8 Å². The number of hydrogen-bond donors (Lipinski definition) is 2. The molecule has 3 heteroatoms. The standard InChI is InChI=1S/C12H17NO2/c1-7-6-9(12(13)4-5-12)11(15-3)8(2)10(7)14/h6,14H,4-5,13H2,1-3H3. The minimum absolute atomic E-state index is 0.228. The zero-order valence-electron chi connectivity index (χ0n) is 9.42. The molecular formula is C12H17NO2. The van der Waals surface area contributed by atoms with Crippen LogP contribution in [0, 0.1) is 13.8 Å². The Hall–Kier alpha value is -1.22. The van der Waals surface area contributed by atoms with E-state index in [0.29, 0.717) is 5.75 Å². The van der Waals surface area contributed by atoms with Gasteiger partial charge in [0.2, 0.25) is 0 Å². The highest BCUT2D eigenvalue weighted by Crippen LogP contribution is 2.49. The molecule has 0 aromatic heterocycles. The molecule has 0 spiro atoms. The minimum atomic E-state index is -0.228. The Bertz CT molecular complexity index is 409. The lowest BCUT2D eigenvalue weighted by Gasteiger charge is -2.18. The largest absolute Gasteiger partial charge is 0.507 e. The number of phenols is 1. The smallest absolute Gasteiger partial charge is 0.130 e. The summed E-state index contributed by atoms with van der Waals surface area (Å²) in [4.78, 5) is 0. The van der Waals surface area contributed by atoms with Crippen molar-refractivity contribution in [3.63, 3.8) is 0 Å². The Morgan fingerprint density at radius 1 is 1.40 bits per heavy atom.